The number of esters is 5. The number of rotatable bonds is 13. The van der Waals surface area contributed by atoms with Crippen molar-refractivity contribution in [3.63, 3.8) is 0 Å². The van der Waals surface area contributed by atoms with E-state index in [9.17, 15) is 38.4 Å². The summed E-state index contributed by atoms with van der Waals surface area (Å²) in [7, 11) is 0. The Labute approximate surface area is 189 Å². The van der Waals surface area contributed by atoms with Crippen molar-refractivity contribution >= 4 is 47.8 Å². The summed E-state index contributed by atoms with van der Waals surface area (Å²) in [5.74, 6) is -10.7. The third-order valence-electron chi connectivity index (χ3n) is 2.75. The Balaban J connectivity index is 4.93. The van der Waals surface area contributed by atoms with Gasteiger partial charge in [0.25, 0.3) is 0 Å². The van der Waals surface area contributed by atoms with Crippen LogP contribution in [-0.4, -0.2) is 82.4 Å². The molecule has 0 bridgehead atoms. The summed E-state index contributed by atoms with van der Waals surface area (Å²) in [5, 5.41) is 25.2. The van der Waals surface area contributed by atoms with Crippen LogP contribution in [0.1, 0.15) is 0 Å². The van der Waals surface area contributed by atoms with Gasteiger partial charge in [-0.05, 0) is 0 Å². The van der Waals surface area contributed by atoms with Gasteiger partial charge in [0.2, 0.25) is 0 Å². The number of hydrogen-bond donors (Lipinski definition) is 3. The van der Waals surface area contributed by atoms with Crippen LogP contribution < -0.4 is 0 Å². The second-order valence-electron chi connectivity index (χ2n) is 5.41. The molecule has 34 heavy (non-hydrogen) atoms. The van der Waals surface area contributed by atoms with Gasteiger partial charge in [0.1, 0.15) is 13.2 Å². The monoisotopic (exact) mass is 484 g/mol. The van der Waals surface area contributed by atoms with Gasteiger partial charge in [-0.15, -0.1) is 0 Å². The Morgan fingerprint density at radius 2 is 0.824 bits per heavy atom. The Kier molecular flexibility index (Phi) is 13.3. The molecule has 0 aliphatic carbocycles. The van der Waals surface area contributed by atoms with Crippen molar-refractivity contribution in [2.75, 3.05) is 13.2 Å². The van der Waals surface area contributed by atoms with Crippen molar-refractivity contribution in [3.05, 3.63) is 48.6 Å². The highest BCUT2D eigenvalue weighted by atomic mass is 16.6. The molecule has 0 aliphatic rings. The second-order valence-corrected chi connectivity index (χ2v) is 5.41. The van der Waals surface area contributed by atoms with Gasteiger partial charge in [0.15, 0.2) is 6.10 Å². The molecule has 0 saturated carbocycles. The van der Waals surface area contributed by atoms with E-state index in [0.717, 1.165) is 0 Å². The molecule has 0 rings (SSSR count). The van der Waals surface area contributed by atoms with Crippen molar-refractivity contribution in [2.24, 2.45) is 0 Å². The van der Waals surface area contributed by atoms with Crippen molar-refractivity contribution in [1.29, 1.82) is 0 Å². The van der Waals surface area contributed by atoms with Gasteiger partial charge in [-0.25, -0.2) is 38.4 Å². The molecule has 0 aromatic rings. The minimum Gasteiger partial charge on any atom is -0.478 e. The standard InChI is InChI=1S/C19H16O15/c20-12(21)1-4-15(26)31-9-11(33-17(28)5-2-13(22)23)10-32-16(27)7-8-19(30)34-18(29)6-3-14(24)25/h1-8,11H,9-10H2,(H,20,21)(H,22,23)(H,24,25). The fourth-order valence-electron chi connectivity index (χ4n) is 1.49. The van der Waals surface area contributed by atoms with Crippen LogP contribution in [0.3, 0.4) is 0 Å². The highest BCUT2D eigenvalue weighted by Crippen LogP contribution is 2.00. The lowest BCUT2D eigenvalue weighted by Gasteiger charge is -2.16. The van der Waals surface area contributed by atoms with E-state index in [2.05, 4.69) is 14.2 Å². The predicted octanol–water partition coefficient (Wildman–Crippen LogP) is -1.47. The summed E-state index contributed by atoms with van der Waals surface area (Å²) in [4.78, 5) is 88.1. The number of carboxylic acid groups (broad SMARTS) is 3. The summed E-state index contributed by atoms with van der Waals surface area (Å²) in [6.07, 6.45) is 2.29. The minimum absolute atomic E-state index is 0.408. The summed E-state index contributed by atoms with van der Waals surface area (Å²) in [5.41, 5.74) is 0. The molecule has 0 saturated heterocycles. The Morgan fingerprint density at radius 3 is 1.24 bits per heavy atom. The van der Waals surface area contributed by atoms with E-state index in [1.54, 1.807) is 0 Å². The van der Waals surface area contributed by atoms with Crippen LogP contribution in [-0.2, 0) is 57.3 Å². The van der Waals surface area contributed by atoms with Gasteiger partial charge in [-0.1, -0.05) is 0 Å². The van der Waals surface area contributed by atoms with Crippen molar-refractivity contribution in [2.45, 2.75) is 6.10 Å². The minimum atomic E-state index is -1.47. The van der Waals surface area contributed by atoms with E-state index in [4.69, 9.17) is 20.1 Å². The number of carboxylic acids is 3. The zero-order chi connectivity index (χ0) is 26.1. The maximum atomic E-state index is 11.7. The molecule has 0 aromatic carbocycles. The third kappa shape index (κ3) is 16.7. The van der Waals surface area contributed by atoms with Gasteiger partial charge >= 0.3 is 47.8 Å². The topological polar surface area (TPSA) is 234 Å². The average molecular weight is 484 g/mol. The molecule has 0 radical (unpaired) electrons. The van der Waals surface area contributed by atoms with Crippen molar-refractivity contribution in [1.82, 2.24) is 0 Å². The molecule has 3 N–H and O–H groups in total. The fourth-order valence-corrected chi connectivity index (χ4v) is 1.49. The van der Waals surface area contributed by atoms with Crippen LogP contribution in [0.25, 0.3) is 0 Å². The van der Waals surface area contributed by atoms with E-state index in [1.807, 2.05) is 0 Å². The van der Waals surface area contributed by atoms with Crippen LogP contribution in [0.2, 0.25) is 0 Å². The van der Waals surface area contributed by atoms with E-state index < -0.39 is 67.1 Å². The van der Waals surface area contributed by atoms with Gasteiger partial charge in [0, 0.05) is 48.6 Å². The van der Waals surface area contributed by atoms with Crippen molar-refractivity contribution < 1.29 is 72.6 Å². The van der Waals surface area contributed by atoms with E-state index in [0.29, 0.717) is 48.6 Å². The molecule has 15 heteroatoms. The molecular formula is C19H16O15. The molecule has 0 aromatic heterocycles. The highest BCUT2D eigenvalue weighted by molar-refractivity contribution is 6.00. The quantitative estimate of drug-likeness (QED) is 0.117. The van der Waals surface area contributed by atoms with Gasteiger partial charge < -0.3 is 34.3 Å². The van der Waals surface area contributed by atoms with Crippen LogP contribution in [0, 0.1) is 0 Å². The lowest BCUT2D eigenvalue weighted by atomic mass is 10.4. The van der Waals surface area contributed by atoms with Crippen LogP contribution in [0.4, 0.5) is 0 Å². The molecular weight excluding hydrogens is 468 g/mol. The first-order valence-corrected chi connectivity index (χ1v) is 8.60. The summed E-state index contributed by atoms with van der Waals surface area (Å²) < 4.78 is 18.2. The Bertz CT molecular complexity index is 951. The van der Waals surface area contributed by atoms with E-state index >= 15 is 0 Å². The average Bonchev–Trinajstić information content (AvgIpc) is 2.75. The molecule has 0 amide bonds. The number of ether oxygens (including phenoxy) is 4. The normalized spacial score (nSPS) is 11.9. The highest BCUT2D eigenvalue weighted by Gasteiger charge is 2.18. The van der Waals surface area contributed by atoms with Gasteiger partial charge in [-0.2, -0.15) is 0 Å². The first-order valence-electron chi connectivity index (χ1n) is 8.60. The lowest BCUT2D eigenvalue weighted by molar-refractivity contribution is -0.160. The number of carbonyl (C=O) groups is 8. The molecule has 182 valence electrons. The van der Waals surface area contributed by atoms with Crippen LogP contribution in [0.15, 0.2) is 48.6 Å². The maximum absolute atomic E-state index is 11.7. The summed E-state index contributed by atoms with van der Waals surface area (Å²) in [6.45, 7) is -1.50. The first-order chi connectivity index (χ1) is 15.9. The predicted molar refractivity (Wildman–Crippen MR) is 102 cm³/mol. The number of aliphatic carboxylic acids is 3. The summed E-state index contributed by atoms with van der Waals surface area (Å²) >= 11 is 0. The number of carbonyl (C=O) groups excluding carboxylic acids is 5. The second kappa shape index (κ2) is 15.7. The van der Waals surface area contributed by atoms with Crippen molar-refractivity contribution in [3.8, 4) is 0 Å². The summed E-state index contributed by atoms with van der Waals surface area (Å²) in [6, 6.07) is 0. The molecule has 0 spiro atoms. The number of hydrogen-bond acceptors (Lipinski definition) is 12. The van der Waals surface area contributed by atoms with Crippen LogP contribution in [0.5, 0.6) is 0 Å². The molecule has 0 heterocycles. The largest absolute Gasteiger partial charge is 0.478 e. The van der Waals surface area contributed by atoms with Crippen LogP contribution >= 0.6 is 0 Å². The zero-order valence-electron chi connectivity index (χ0n) is 16.9. The molecule has 15 nitrogen and oxygen atoms in total. The molecule has 1 unspecified atom stereocenters. The SMILES string of the molecule is O=C(O)C=CC(=O)OCC(COC(=O)C=CC(=O)OC(=O)C=CC(=O)O)OC(=O)C=CC(=O)O. The maximum Gasteiger partial charge on any atom is 0.338 e. The van der Waals surface area contributed by atoms with Gasteiger partial charge in [-0.3, -0.25) is 0 Å². The molecule has 0 fully saturated rings. The Morgan fingerprint density at radius 1 is 0.500 bits per heavy atom. The zero-order valence-corrected chi connectivity index (χ0v) is 16.9. The van der Waals surface area contributed by atoms with E-state index in [-0.39, 0.29) is 0 Å². The fraction of sp³-hybridized carbons (Fsp3) is 0.158. The molecule has 0 aliphatic heterocycles. The lowest BCUT2D eigenvalue weighted by Crippen LogP contribution is -2.30. The third-order valence-corrected chi connectivity index (χ3v) is 2.75. The Hall–Kier alpha value is -5.08. The molecule has 1 atom stereocenters. The smallest absolute Gasteiger partial charge is 0.338 e. The first kappa shape index (κ1) is 28.9. The van der Waals surface area contributed by atoms with Gasteiger partial charge in [0.05, 0.1) is 0 Å². The van der Waals surface area contributed by atoms with E-state index in [1.165, 1.54) is 0 Å².